The summed E-state index contributed by atoms with van der Waals surface area (Å²) in [6.07, 6.45) is 2.70. The van der Waals surface area contributed by atoms with E-state index < -0.39 is 5.91 Å². The van der Waals surface area contributed by atoms with Crippen molar-refractivity contribution in [3.05, 3.63) is 0 Å². The highest BCUT2D eigenvalue weighted by atomic mass is 16.8. The van der Waals surface area contributed by atoms with Crippen LogP contribution >= 0.6 is 0 Å². The van der Waals surface area contributed by atoms with Crippen LogP contribution in [0, 0.1) is 5.92 Å². The van der Waals surface area contributed by atoms with Crippen molar-refractivity contribution < 1.29 is 14.3 Å². The molecule has 84 valence electrons. The predicted octanol–water partition coefficient (Wildman–Crippen LogP) is 1.11. The van der Waals surface area contributed by atoms with Gasteiger partial charge in [0.15, 0.2) is 0 Å². The van der Waals surface area contributed by atoms with E-state index in [0.717, 1.165) is 25.9 Å². The molecule has 0 bridgehead atoms. The Bertz CT molecular complexity index is 315. The summed E-state index contributed by atoms with van der Waals surface area (Å²) in [5, 5.41) is 0. The lowest BCUT2D eigenvalue weighted by Crippen LogP contribution is -2.52. The zero-order valence-electron chi connectivity index (χ0n) is 9.28. The molecular weight excluding hydrogens is 194 g/mol. The summed E-state index contributed by atoms with van der Waals surface area (Å²) in [7, 11) is 0. The molecule has 0 radical (unpaired) electrons. The van der Waals surface area contributed by atoms with Crippen molar-refractivity contribution in [2.24, 2.45) is 5.92 Å². The SMILES string of the molecule is CC1(C)CN2CCCC3CC(=O)OC32O1. The lowest BCUT2D eigenvalue weighted by Gasteiger charge is -2.39. The van der Waals surface area contributed by atoms with Gasteiger partial charge in [0, 0.05) is 13.1 Å². The standard InChI is InChI=1S/C11H17NO3/c1-10(2)7-12-5-3-4-8-6-9(13)14-11(8,12)15-10/h8H,3-7H2,1-2H3. The second kappa shape index (κ2) is 2.74. The third kappa shape index (κ3) is 1.24. The van der Waals surface area contributed by atoms with Gasteiger partial charge in [0.05, 0.1) is 17.9 Å². The predicted molar refractivity (Wildman–Crippen MR) is 52.9 cm³/mol. The van der Waals surface area contributed by atoms with Gasteiger partial charge in [0.1, 0.15) is 0 Å². The third-order valence-electron chi connectivity index (χ3n) is 3.60. The summed E-state index contributed by atoms with van der Waals surface area (Å²) < 4.78 is 11.5. The molecule has 0 saturated carbocycles. The normalized spacial score (nSPS) is 43.6. The molecule has 3 fully saturated rings. The Morgan fingerprint density at radius 2 is 2.27 bits per heavy atom. The number of carbonyl (C=O) groups excluding carboxylic acids is 1. The maximum atomic E-state index is 11.4. The molecule has 0 aliphatic carbocycles. The highest BCUT2D eigenvalue weighted by Gasteiger charge is 2.63. The maximum absolute atomic E-state index is 11.4. The Balaban J connectivity index is 1.97. The monoisotopic (exact) mass is 211 g/mol. The van der Waals surface area contributed by atoms with Crippen LogP contribution in [-0.2, 0) is 14.3 Å². The Morgan fingerprint density at radius 3 is 3.07 bits per heavy atom. The van der Waals surface area contributed by atoms with Crippen LogP contribution in [-0.4, -0.2) is 35.5 Å². The second-order valence-corrected chi connectivity index (χ2v) is 5.43. The molecule has 4 nitrogen and oxygen atoms in total. The van der Waals surface area contributed by atoms with Gasteiger partial charge in [-0.05, 0) is 26.7 Å². The molecule has 3 heterocycles. The van der Waals surface area contributed by atoms with Gasteiger partial charge in [-0.1, -0.05) is 0 Å². The second-order valence-electron chi connectivity index (χ2n) is 5.43. The number of rotatable bonds is 0. The Labute approximate surface area is 89.5 Å². The van der Waals surface area contributed by atoms with Crippen LogP contribution in [0.3, 0.4) is 0 Å². The highest BCUT2D eigenvalue weighted by Crippen LogP contribution is 2.49. The van der Waals surface area contributed by atoms with Crippen LogP contribution in [0.5, 0.6) is 0 Å². The fraction of sp³-hybridized carbons (Fsp3) is 0.909. The first-order valence-electron chi connectivity index (χ1n) is 5.69. The van der Waals surface area contributed by atoms with Crippen LogP contribution in [0.1, 0.15) is 33.1 Å². The van der Waals surface area contributed by atoms with Crippen molar-refractivity contribution in [2.75, 3.05) is 13.1 Å². The Morgan fingerprint density at radius 1 is 1.47 bits per heavy atom. The lowest BCUT2D eigenvalue weighted by atomic mass is 9.93. The molecule has 3 aliphatic heterocycles. The van der Waals surface area contributed by atoms with E-state index in [0.29, 0.717) is 6.42 Å². The number of nitrogens with zero attached hydrogens (tertiary/aromatic N) is 1. The summed E-state index contributed by atoms with van der Waals surface area (Å²) in [5.41, 5.74) is -0.201. The molecular formula is C11H17NO3. The van der Waals surface area contributed by atoms with Crippen LogP contribution < -0.4 is 0 Å². The van der Waals surface area contributed by atoms with Crippen molar-refractivity contribution in [3.8, 4) is 0 Å². The van der Waals surface area contributed by atoms with Crippen LogP contribution in [0.2, 0.25) is 0 Å². The molecule has 1 spiro atoms. The summed E-state index contributed by atoms with van der Waals surface area (Å²) >= 11 is 0. The molecule has 0 aromatic rings. The van der Waals surface area contributed by atoms with E-state index >= 15 is 0 Å². The zero-order chi connectivity index (χ0) is 10.7. The van der Waals surface area contributed by atoms with Gasteiger partial charge < -0.3 is 9.47 Å². The molecule has 4 heteroatoms. The topological polar surface area (TPSA) is 38.8 Å². The van der Waals surface area contributed by atoms with Crippen LogP contribution in [0.25, 0.3) is 0 Å². The van der Waals surface area contributed by atoms with Crippen LogP contribution in [0.15, 0.2) is 0 Å². The van der Waals surface area contributed by atoms with E-state index in [1.807, 2.05) is 0 Å². The smallest absolute Gasteiger partial charge is 0.309 e. The summed E-state index contributed by atoms with van der Waals surface area (Å²) in [6.45, 7) is 5.95. The van der Waals surface area contributed by atoms with Gasteiger partial charge in [-0.3, -0.25) is 4.79 Å². The van der Waals surface area contributed by atoms with Crippen molar-refractivity contribution in [1.29, 1.82) is 0 Å². The van der Waals surface area contributed by atoms with Gasteiger partial charge in [0.25, 0.3) is 5.91 Å². The number of hydrogen-bond donors (Lipinski definition) is 0. The van der Waals surface area contributed by atoms with E-state index in [2.05, 4.69) is 18.7 Å². The van der Waals surface area contributed by atoms with Gasteiger partial charge >= 0.3 is 5.97 Å². The number of esters is 1. The molecule has 3 rings (SSSR count). The molecule has 0 amide bonds. The minimum atomic E-state index is -0.709. The Kier molecular flexibility index (Phi) is 1.75. The molecule has 0 aromatic carbocycles. The summed E-state index contributed by atoms with van der Waals surface area (Å²) in [6, 6.07) is 0. The number of piperidine rings is 1. The lowest BCUT2D eigenvalue weighted by molar-refractivity contribution is -0.292. The van der Waals surface area contributed by atoms with Crippen molar-refractivity contribution >= 4 is 5.97 Å². The summed E-state index contributed by atoms with van der Waals surface area (Å²) in [4.78, 5) is 13.6. The van der Waals surface area contributed by atoms with E-state index in [1.54, 1.807) is 0 Å². The van der Waals surface area contributed by atoms with Gasteiger partial charge in [-0.25, -0.2) is 4.90 Å². The van der Waals surface area contributed by atoms with Crippen molar-refractivity contribution in [3.63, 3.8) is 0 Å². The molecule has 2 atom stereocenters. The molecule has 0 aromatic heterocycles. The number of carbonyl (C=O) groups is 1. The number of ether oxygens (including phenoxy) is 2. The molecule has 15 heavy (non-hydrogen) atoms. The molecule has 0 N–H and O–H groups in total. The van der Waals surface area contributed by atoms with Crippen molar-refractivity contribution in [1.82, 2.24) is 4.90 Å². The minimum absolute atomic E-state index is 0.107. The van der Waals surface area contributed by atoms with Gasteiger partial charge in [0.2, 0.25) is 0 Å². The minimum Gasteiger partial charge on any atom is -0.418 e. The van der Waals surface area contributed by atoms with Crippen LogP contribution in [0.4, 0.5) is 0 Å². The van der Waals surface area contributed by atoms with Crippen molar-refractivity contribution in [2.45, 2.75) is 44.6 Å². The first-order chi connectivity index (χ1) is 7.02. The highest BCUT2D eigenvalue weighted by molar-refractivity contribution is 5.72. The molecule has 2 unspecified atom stereocenters. The quantitative estimate of drug-likeness (QED) is 0.563. The van der Waals surface area contributed by atoms with E-state index in [9.17, 15) is 4.79 Å². The first-order valence-corrected chi connectivity index (χ1v) is 5.69. The van der Waals surface area contributed by atoms with Gasteiger partial charge in [-0.15, -0.1) is 0 Å². The maximum Gasteiger partial charge on any atom is 0.309 e. The summed E-state index contributed by atoms with van der Waals surface area (Å²) in [5.74, 6) is -0.580. The first kappa shape index (κ1) is 9.60. The van der Waals surface area contributed by atoms with E-state index in [4.69, 9.17) is 9.47 Å². The average molecular weight is 211 g/mol. The van der Waals surface area contributed by atoms with E-state index in [-0.39, 0.29) is 17.5 Å². The third-order valence-corrected chi connectivity index (χ3v) is 3.60. The molecule has 3 saturated heterocycles. The Hall–Kier alpha value is -0.610. The number of hydrogen-bond acceptors (Lipinski definition) is 4. The van der Waals surface area contributed by atoms with E-state index in [1.165, 1.54) is 0 Å². The zero-order valence-corrected chi connectivity index (χ0v) is 9.28. The largest absolute Gasteiger partial charge is 0.418 e. The average Bonchev–Trinajstić information content (AvgIpc) is 2.53. The fourth-order valence-corrected chi connectivity index (χ4v) is 3.16. The molecule has 3 aliphatic rings. The fourth-order valence-electron chi connectivity index (χ4n) is 3.16. The van der Waals surface area contributed by atoms with Gasteiger partial charge in [-0.2, -0.15) is 0 Å².